The lowest BCUT2D eigenvalue weighted by Gasteiger charge is -2.14. The van der Waals surface area contributed by atoms with E-state index in [4.69, 9.17) is 18.9 Å². The summed E-state index contributed by atoms with van der Waals surface area (Å²) in [6.45, 7) is 2.49. The number of benzene rings is 3. The lowest BCUT2D eigenvalue weighted by molar-refractivity contribution is -0.384. The van der Waals surface area contributed by atoms with E-state index in [1.807, 2.05) is 13.0 Å². The molecular formula is C25H24IN3O7. The molecule has 1 N–H and O–H groups in total. The van der Waals surface area contributed by atoms with Crippen LogP contribution in [0, 0.1) is 13.7 Å². The Kier molecular flexibility index (Phi) is 9.45. The molecule has 0 saturated heterocycles. The summed E-state index contributed by atoms with van der Waals surface area (Å²) in [6.07, 6.45) is 1.50. The lowest BCUT2D eigenvalue weighted by Crippen LogP contribution is -2.17. The predicted octanol–water partition coefficient (Wildman–Crippen LogP) is 4.96. The van der Waals surface area contributed by atoms with E-state index in [9.17, 15) is 14.9 Å². The zero-order valence-electron chi connectivity index (χ0n) is 19.8. The third-order valence-corrected chi connectivity index (χ3v) is 5.69. The first-order valence-electron chi connectivity index (χ1n) is 10.7. The normalized spacial score (nSPS) is 10.7. The van der Waals surface area contributed by atoms with E-state index in [2.05, 4.69) is 33.1 Å². The number of methoxy groups -OCH3 is 2. The Balaban J connectivity index is 1.71. The molecule has 0 aliphatic heterocycles. The second-order valence-electron chi connectivity index (χ2n) is 7.24. The van der Waals surface area contributed by atoms with Crippen molar-refractivity contribution in [2.24, 2.45) is 5.10 Å². The molecule has 3 aromatic carbocycles. The van der Waals surface area contributed by atoms with Gasteiger partial charge in [0.15, 0.2) is 23.0 Å². The van der Waals surface area contributed by atoms with Crippen LogP contribution in [0.25, 0.3) is 0 Å². The van der Waals surface area contributed by atoms with Crippen molar-refractivity contribution >= 4 is 40.4 Å². The first-order valence-corrected chi connectivity index (χ1v) is 11.8. The molecule has 0 aliphatic rings. The SMILES string of the molecule is CCOc1cc(/C=N/NC(=O)c2ccc(OC)c(OC)c2)cc(I)c1OCc1ccc([N+](=O)[O-])cc1. The molecule has 0 bridgehead atoms. The van der Waals surface area contributed by atoms with Crippen molar-refractivity contribution in [2.45, 2.75) is 13.5 Å². The average molecular weight is 605 g/mol. The first kappa shape index (κ1) is 26.7. The Hall–Kier alpha value is -3.87. The van der Waals surface area contributed by atoms with Gasteiger partial charge in [0.05, 0.1) is 35.5 Å². The van der Waals surface area contributed by atoms with Crippen molar-refractivity contribution in [3.05, 3.63) is 85.0 Å². The summed E-state index contributed by atoms with van der Waals surface area (Å²) >= 11 is 2.13. The maximum Gasteiger partial charge on any atom is 0.271 e. The van der Waals surface area contributed by atoms with Crippen LogP contribution in [-0.4, -0.2) is 37.9 Å². The van der Waals surface area contributed by atoms with Gasteiger partial charge in [-0.1, -0.05) is 0 Å². The van der Waals surface area contributed by atoms with Crippen molar-refractivity contribution in [3.8, 4) is 23.0 Å². The monoisotopic (exact) mass is 605 g/mol. The number of amides is 1. The number of nitrogens with one attached hydrogen (secondary N) is 1. The van der Waals surface area contributed by atoms with Gasteiger partial charge in [-0.3, -0.25) is 14.9 Å². The van der Waals surface area contributed by atoms with Gasteiger partial charge >= 0.3 is 0 Å². The van der Waals surface area contributed by atoms with Crippen LogP contribution in [0.3, 0.4) is 0 Å². The number of hydrazone groups is 1. The fourth-order valence-electron chi connectivity index (χ4n) is 3.14. The molecule has 10 nitrogen and oxygen atoms in total. The van der Waals surface area contributed by atoms with Crippen LogP contribution in [0.15, 0.2) is 59.7 Å². The first-order chi connectivity index (χ1) is 17.4. The molecule has 11 heteroatoms. The molecule has 36 heavy (non-hydrogen) atoms. The fourth-order valence-corrected chi connectivity index (χ4v) is 3.92. The van der Waals surface area contributed by atoms with Crippen molar-refractivity contribution in [1.29, 1.82) is 0 Å². The summed E-state index contributed by atoms with van der Waals surface area (Å²) < 4.78 is 22.9. The maximum absolute atomic E-state index is 12.5. The van der Waals surface area contributed by atoms with E-state index >= 15 is 0 Å². The topological polar surface area (TPSA) is 122 Å². The number of hydrogen-bond donors (Lipinski definition) is 1. The fraction of sp³-hybridized carbons (Fsp3) is 0.200. The summed E-state index contributed by atoms with van der Waals surface area (Å²) in [5.41, 5.74) is 4.35. The second-order valence-corrected chi connectivity index (χ2v) is 8.41. The molecule has 3 aromatic rings. The van der Waals surface area contributed by atoms with Gasteiger partial charge in [0.1, 0.15) is 6.61 Å². The Morgan fingerprint density at radius 3 is 2.39 bits per heavy atom. The van der Waals surface area contributed by atoms with Crippen molar-refractivity contribution < 1.29 is 28.7 Å². The number of halogens is 1. The molecule has 0 heterocycles. The summed E-state index contributed by atoms with van der Waals surface area (Å²) in [4.78, 5) is 22.9. The Morgan fingerprint density at radius 1 is 1.03 bits per heavy atom. The van der Waals surface area contributed by atoms with Crippen LogP contribution in [-0.2, 0) is 6.61 Å². The van der Waals surface area contributed by atoms with Crippen LogP contribution in [0.1, 0.15) is 28.4 Å². The number of nitrogens with zero attached hydrogens (tertiary/aromatic N) is 2. The average Bonchev–Trinajstić information content (AvgIpc) is 2.88. The summed E-state index contributed by atoms with van der Waals surface area (Å²) in [7, 11) is 3.01. The van der Waals surface area contributed by atoms with E-state index in [0.29, 0.717) is 40.7 Å². The Morgan fingerprint density at radius 2 is 1.75 bits per heavy atom. The predicted molar refractivity (Wildman–Crippen MR) is 142 cm³/mol. The number of non-ortho nitro benzene ring substituents is 1. The third kappa shape index (κ3) is 6.84. The third-order valence-electron chi connectivity index (χ3n) is 4.89. The smallest absolute Gasteiger partial charge is 0.271 e. The van der Waals surface area contributed by atoms with Gasteiger partial charge < -0.3 is 18.9 Å². The van der Waals surface area contributed by atoms with Gasteiger partial charge in [0.2, 0.25) is 0 Å². The second kappa shape index (κ2) is 12.7. The molecular weight excluding hydrogens is 581 g/mol. The maximum atomic E-state index is 12.5. The van der Waals surface area contributed by atoms with Crippen molar-refractivity contribution in [2.75, 3.05) is 20.8 Å². The van der Waals surface area contributed by atoms with Crippen molar-refractivity contribution in [1.82, 2.24) is 5.43 Å². The number of nitro groups is 1. The quantitative estimate of drug-likeness (QED) is 0.142. The molecule has 0 spiro atoms. The Bertz CT molecular complexity index is 1260. The number of hydrogen-bond acceptors (Lipinski definition) is 8. The van der Waals surface area contributed by atoms with Gasteiger partial charge in [-0.15, -0.1) is 0 Å². The van der Waals surface area contributed by atoms with Crippen LogP contribution >= 0.6 is 22.6 Å². The lowest BCUT2D eigenvalue weighted by atomic mass is 10.2. The molecule has 0 aromatic heterocycles. The van der Waals surface area contributed by atoms with Crippen LogP contribution in [0.4, 0.5) is 5.69 Å². The molecule has 188 valence electrons. The molecule has 3 rings (SSSR count). The van der Waals surface area contributed by atoms with Gasteiger partial charge in [0.25, 0.3) is 11.6 Å². The highest BCUT2D eigenvalue weighted by Gasteiger charge is 2.14. The van der Waals surface area contributed by atoms with Crippen LogP contribution in [0.2, 0.25) is 0 Å². The minimum absolute atomic E-state index is 0.0187. The van der Waals surface area contributed by atoms with Crippen molar-refractivity contribution in [3.63, 3.8) is 0 Å². The van der Waals surface area contributed by atoms with Crippen LogP contribution < -0.4 is 24.4 Å². The molecule has 0 fully saturated rings. The van der Waals surface area contributed by atoms with E-state index in [1.165, 1.54) is 32.6 Å². The van der Waals surface area contributed by atoms with Gasteiger partial charge in [0, 0.05) is 17.7 Å². The molecule has 0 unspecified atom stereocenters. The molecule has 1 amide bonds. The standard InChI is InChI=1S/C25H24IN3O7/c1-4-35-23-12-17(14-27-28-25(30)18-7-10-21(33-2)22(13-18)34-3)11-20(26)24(23)36-15-16-5-8-19(9-6-16)29(31)32/h5-14H,4,15H2,1-3H3,(H,28,30)/b27-14+. The van der Waals surface area contributed by atoms with E-state index in [-0.39, 0.29) is 12.3 Å². The molecule has 0 aliphatic carbocycles. The number of carbonyl (C=O) groups excluding carboxylic acids is 1. The number of ether oxygens (including phenoxy) is 4. The minimum Gasteiger partial charge on any atom is -0.493 e. The highest BCUT2D eigenvalue weighted by atomic mass is 127. The van der Waals surface area contributed by atoms with Gasteiger partial charge in [-0.2, -0.15) is 5.10 Å². The Labute approximate surface area is 221 Å². The summed E-state index contributed by atoms with van der Waals surface area (Å²) in [5, 5.41) is 14.9. The highest BCUT2D eigenvalue weighted by molar-refractivity contribution is 14.1. The largest absolute Gasteiger partial charge is 0.493 e. The number of carbonyl (C=O) groups is 1. The zero-order chi connectivity index (χ0) is 26.1. The van der Waals surface area contributed by atoms with E-state index in [1.54, 1.807) is 36.4 Å². The molecule has 0 saturated carbocycles. The van der Waals surface area contributed by atoms with E-state index in [0.717, 1.165) is 9.13 Å². The summed E-state index contributed by atoms with van der Waals surface area (Å²) in [6, 6.07) is 14.6. The number of nitro benzene ring substituents is 1. The zero-order valence-corrected chi connectivity index (χ0v) is 22.0. The molecule has 0 atom stereocenters. The number of rotatable bonds is 11. The van der Waals surface area contributed by atoms with Gasteiger partial charge in [-0.25, -0.2) is 5.43 Å². The minimum atomic E-state index is -0.447. The highest BCUT2D eigenvalue weighted by Crippen LogP contribution is 2.34. The van der Waals surface area contributed by atoms with Crippen LogP contribution in [0.5, 0.6) is 23.0 Å². The van der Waals surface area contributed by atoms with E-state index < -0.39 is 10.8 Å². The molecule has 0 radical (unpaired) electrons. The summed E-state index contributed by atoms with van der Waals surface area (Å²) in [5.74, 6) is 1.61. The van der Waals surface area contributed by atoms with Gasteiger partial charge in [-0.05, 0) is 83.1 Å².